The van der Waals surface area contributed by atoms with Crippen LogP contribution in [0.1, 0.15) is 0 Å². The molecule has 1 heterocycles. The van der Waals surface area contributed by atoms with Gasteiger partial charge in [-0.2, -0.15) is 0 Å². The van der Waals surface area contributed by atoms with E-state index in [-0.39, 0.29) is 6.17 Å². The second-order valence-corrected chi connectivity index (χ2v) is 2.54. The van der Waals surface area contributed by atoms with Crippen LogP contribution in [0.4, 0.5) is 0 Å². The zero-order chi connectivity index (χ0) is 7.56. The molecule has 0 bridgehead atoms. The van der Waals surface area contributed by atoms with Crippen molar-refractivity contribution in [2.45, 2.75) is 6.17 Å². The highest BCUT2D eigenvalue weighted by molar-refractivity contribution is 5.57. The number of aldehydes is 1. The zero-order valence-electron chi connectivity index (χ0n) is 6.32. The van der Waals surface area contributed by atoms with E-state index >= 15 is 0 Å². The van der Waals surface area contributed by atoms with E-state index in [9.17, 15) is 4.79 Å². The Labute approximate surface area is 60.9 Å². The number of nitrogens with zero attached hydrogens (tertiary/aromatic N) is 2. The van der Waals surface area contributed by atoms with E-state index in [2.05, 4.69) is 0 Å². The summed E-state index contributed by atoms with van der Waals surface area (Å²) < 4.78 is 0. The van der Waals surface area contributed by atoms with Gasteiger partial charge in [0.15, 0.2) is 6.29 Å². The van der Waals surface area contributed by atoms with Crippen LogP contribution in [-0.4, -0.2) is 42.9 Å². The van der Waals surface area contributed by atoms with Crippen molar-refractivity contribution in [2.24, 2.45) is 0 Å². The quantitative estimate of drug-likeness (QED) is 0.475. The van der Waals surface area contributed by atoms with Crippen molar-refractivity contribution in [3.63, 3.8) is 0 Å². The van der Waals surface area contributed by atoms with Crippen molar-refractivity contribution in [1.82, 2.24) is 9.80 Å². The summed E-state index contributed by atoms with van der Waals surface area (Å²) in [5.41, 5.74) is 0. The number of likely N-dealkylation sites (N-methyl/N-ethyl adjacent to an activating group) is 2. The Kier molecular flexibility index (Phi) is 2.06. The van der Waals surface area contributed by atoms with E-state index < -0.39 is 0 Å². The minimum atomic E-state index is -0.0787. The predicted molar refractivity (Wildman–Crippen MR) is 39.4 cm³/mol. The maximum Gasteiger partial charge on any atom is 0.157 e. The molecule has 0 radical (unpaired) electrons. The average molecular weight is 140 g/mol. The lowest BCUT2D eigenvalue weighted by Crippen LogP contribution is -2.46. The Balaban J connectivity index is 2.67. The third-order valence-electron chi connectivity index (χ3n) is 1.72. The van der Waals surface area contributed by atoms with E-state index in [0.717, 1.165) is 12.8 Å². The summed E-state index contributed by atoms with van der Waals surface area (Å²) in [6, 6.07) is 0. The van der Waals surface area contributed by atoms with Gasteiger partial charge in [0.1, 0.15) is 6.17 Å². The fourth-order valence-corrected chi connectivity index (χ4v) is 1.09. The molecule has 0 N–H and O–H groups in total. The molecule has 0 aromatic rings. The minimum Gasteiger partial charge on any atom is -0.359 e. The molecule has 1 aliphatic rings. The number of hydrogen-bond acceptors (Lipinski definition) is 3. The van der Waals surface area contributed by atoms with E-state index in [0.29, 0.717) is 0 Å². The molecule has 1 rings (SSSR count). The molecular formula is C7H12N2O. The van der Waals surface area contributed by atoms with Crippen LogP contribution < -0.4 is 0 Å². The Hall–Kier alpha value is -0.830. The Morgan fingerprint density at radius 1 is 1.60 bits per heavy atom. The van der Waals surface area contributed by atoms with Crippen LogP contribution in [-0.2, 0) is 4.79 Å². The van der Waals surface area contributed by atoms with E-state index in [1.165, 1.54) is 0 Å². The van der Waals surface area contributed by atoms with Gasteiger partial charge in [0.25, 0.3) is 0 Å². The van der Waals surface area contributed by atoms with Crippen molar-refractivity contribution < 1.29 is 4.79 Å². The second kappa shape index (κ2) is 2.84. The molecule has 0 saturated carbocycles. The zero-order valence-corrected chi connectivity index (χ0v) is 6.32. The summed E-state index contributed by atoms with van der Waals surface area (Å²) in [4.78, 5) is 14.3. The molecular weight excluding hydrogens is 128 g/mol. The lowest BCUT2D eigenvalue weighted by molar-refractivity contribution is -0.116. The summed E-state index contributed by atoms with van der Waals surface area (Å²) in [5, 5.41) is 0. The fourth-order valence-electron chi connectivity index (χ4n) is 1.09. The first-order valence-electron chi connectivity index (χ1n) is 3.30. The molecule has 3 nitrogen and oxygen atoms in total. The Morgan fingerprint density at radius 3 is 2.70 bits per heavy atom. The summed E-state index contributed by atoms with van der Waals surface area (Å²) in [7, 11) is 3.82. The lowest BCUT2D eigenvalue weighted by atomic mass is 10.3. The smallest absolute Gasteiger partial charge is 0.157 e. The molecule has 3 heteroatoms. The van der Waals surface area contributed by atoms with Gasteiger partial charge in [0, 0.05) is 13.6 Å². The van der Waals surface area contributed by atoms with Crippen LogP contribution in [0.3, 0.4) is 0 Å². The average Bonchev–Trinajstić information content (AvgIpc) is 1.88. The first kappa shape index (κ1) is 7.28. The highest BCUT2D eigenvalue weighted by atomic mass is 16.1. The van der Waals surface area contributed by atoms with Gasteiger partial charge in [-0.15, -0.1) is 0 Å². The maximum atomic E-state index is 10.5. The van der Waals surface area contributed by atoms with Crippen LogP contribution >= 0.6 is 0 Å². The van der Waals surface area contributed by atoms with E-state index in [1.807, 2.05) is 36.2 Å². The molecule has 0 aliphatic carbocycles. The molecule has 0 amide bonds. The lowest BCUT2D eigenvalue weighted by Gasteiger charge is -2.33. The number of carbonyl (C=O) groups is 1. The largest absolute Gasteiger partial charge is 0.359 e. The molecule has 56 valence electrons. The van der Waals surface area contributed by atoms with Crippen molar-refractivity contribution in [3.8, 4) is 0 Å². The van der Waals surface area contributed by atoms with Crippen LogP contribution in [0, 0.1) is 0 Å². The summed E-state index contributed by atoms with van der Waals surface area (Å²) in [6.45, 7) is 0.855. The van der Waals surface area contributed by atoms with Gasteiger partial charge in [-0.3, -0.25) is 9.69 Å². The summed E-state index contributed by atoms with van der Waals surface area (Å²) in [5.74, 6) is 0. The Morgan fingerprint density at radius 2 is 2.30 bits per heavy atom. The molecule has 10 heavy (non-hydrogen) atoms. The number of hydrogen-bond donors (Lipinski definition) is 0. The highest BCUT2D eigenvalue weighted by Crippen LogP contribution is 2.04. The molecule has 0 aromatic heterocycles. The highest BCUT2D eigenvalue weighted by Gasteiger charge is 2.17. The molecule has 1 unspecified atom stereocenters. The van der Waals surface area contributed by atoms with Crippen LogP contribution in [0.25, 0.3) is 0 Å². The minimum absolute atomic E-state index is 0.0787. The summed E-state index contributed by atoms with van der Waals surface area (Å²) in [6.07, 6.45) is 4.83. The van der Waals surface area contributed by atoms with Crippen molar-refractivity contribution in [1.29, 1.82) is 0 Å². The predicted octanol–water partition coefficient (Wildman–Crippen LogP) is -0.0977. The van der Waals surface area contributed by atoms with Gasteiger partial charge in [-0.1, -0.05) is 6.08 Å². The molecule has 1 aliphatic heterocycles. The summed E-state index contributed by atoms with van der Waals surface area (Å²) >= 11 is 0. The molecule has 1 atom stereocenters. The standard InChI is InChI=1S/C7H12N2O/c1-8-4-3-5-9(2)7(8)6-10/h3-4,6-7H,5H2,1-2H3. The van der Waals surface area contributed by atoms with Crippen molar-refractivity contribution >= 4 is 6.29 Å². The first-order valence-corrected chi connectivity index (χ1v) is 3.30. The first-order chi connectivity index (χ1) is 4.75. The number of carbonyl (C=O) groups excluding carboxylic acids is 1. The van der Waals surface area contributed by atoms with Gasteiger partial charge in [0.05, 0.1) is 0 Å². The van der Waals surface area contributed by atoms with Gasteiger partial charge >= 0.3 is 0 Å². The Bertz CT molecular complexity index is 156. The third kappa shape index (κ3) is 1.19. The molecule has 0 fully saturated rings. The maximum absolute atomic E-state index is 10.5. The van der Waals surface area contributed by atoms with Gasteiger partial charge in [-0.05, 0) is 13.2 Å². The van der Waals surface area contributed by atoms with E-state index in [4.69, 9.17) is 0 Å². The van der Waals surface area contributed by atoms with Crippen molar-refractivity contribution in [3.05, 3.63) is 12.3 Å². The van der Waals surface area contributed by atoms with Gasteiger partial charge in [-0.25, -0.2) is 0 Å². The topological polar surface area (TPSA) is 23.6 Å². The van der Waals surface area contributed by atoms with Crippen LogP contribution in [0.2, 0.25) is 0 Å². The van der Waals surface area contributed by atoms with Gasteiger partial charge in [0.2, 0.25) is 0 Å². The second-order valence-electron chi connectivity index (χ2n) is 2.54. The van der Waals surface area contributed by atoms with Crippen molar-refractivity contribution in [2.75, 3.05) is 20.6 Å². The fraction of sp³-hybridized carbons (Fsp3) is 0.571. The molecule has 0 aromatic carbocycles. The molecule has 0 saturated heterocycles. The normalized spacial score (nSPS) is 27.0. The number of rotatable bonds is 1. The van der Waals surface area contributed by atoms with Crippen LogP contribution in [0.15, 0.2) is 12.3 Å². The van der Waals surface area contributed by atoms with E-state index in [1.54, 1.807) is 0 Å². The van der Waals surface area contributed by atoms with Crippen LogP contribution in [0.5, 0.6) is 0 Å². The molecule has 0 spiro atoms. The monoisotopic (exact) mass is 140 g/mol. The third-order valence-corrected chi connectivity index (χ3v) is 1.72. The van der Waals surface area contributed by atoms with Gasteiger partial charge < -0.3 is 4.90 Å². The SMILES string of the molecule is CN1C=CCN(C)C1C=O.